The summed E-state index contributed by atoms with van der Waals surface area (Å²) in [4.78, 5) is 4.33. The van der Waals surface area contributed by atoms with E-state index in [1.165, 1.54) is 0 Å². The first-order chi connectivity index (χ1) is 11.2. The summed E-state index contributed by atoms with van der Waals surface area (Å²) < 4.78 is 5.72. The second-order valence-corrected chi connectivity index (χ2v) is 5.31. The molecular formula is C19H14ClNO2. The lowest BCUT2D eigenvalue weighted by molar-refractivity contribution is 0.474. The first kappa shape index (κ1) is 15.1. The minimum atomic E-state index is 0.141. The maximum atomic E-state index is 9.75. The average Bonchev–Trinajstić information content (AvgIpc) is 2.58. The summed E-state index contributed by atoms with van der Waals surface area (Å²) in [6.07, 6.45) is 1.58. The van der Waals surface area contributed by atoms with Crippen molar-refractivity contribution < 1.29 is 9.84 Å². The molecule has 0 bridgehead atoms. The fraction of sp³-hybridized carbons (Fsp3) is 0. The highest BCUT2D eigenvalue weighted by atomic mass is 35.5. The average molecular weight is 324 g/mol. The van der Waals surface area contributed by atoms with Crippen LogP contribution in [0.1, 0.15) is 5.56 Å². The monoisotopic (exact) mass is 323 g/mol. The molecule has 0 heterocycles. The number of aliphatic imine (C=N–C) groups is 1. The number of hydrogen-bond donors (Lipinski definition) is 1. The van der Waals surface area contributed by atoms with Gasteiger partial charge in [0.2, 0.25) is 0 Å². The van der Waals surface area contributed by atoms with Crippen molar-refractivity contribution in [3.8, 4) is 17.2 Å². The van der Waals surface area contributed by atoms with Gasteiger partial charge in [0.05, 0.1) is 5.69 Å². The van der Waals surface area contributed by atoms with Crippen molar-refractivity contribution in [3.63, 3.8) is 0 Å². The number of phenols is 1. The molecule has 4 heteroatoms. The molecule has 0 aliphatic heterocycles. The lowest BCUT2D eigenvalue weighted by atomic mass is 10.2. The summed E-state index contributed by atoms with van der Waals surface area (Å²) in [6.45, 7) is 0. The van der Waals surface area contributed by atoms with E-state index in [1.54, 1.807) is 24.4 Å². The Bertz CT molecular complexity index is 815. The molecule has 0 aromatic heterocycles. The molecular weight excluding hydrogens is 310 g/mol. The normalized spacial score (nSPS) is 10.8. The number of benzene rings is 3. The predicted molar refractivity (Wildman–Crippen MR) is 93.3 cm³/mol. The maximum Gasteiger partial charge on any atom is 0.127 e. The molecule has 0 unspecified atom stereocenters. The Hall–Kier alpha value is -2.78. The largest absolute Gasteiger partial charge is 0.507 e. The van der Waals surface area contributed by atoms with E-state index in [9.17, 15) is 5.11 Å². The van der Waals surface area contributed by atoms with Crippen LogP contribution in [0, 0.1) is 0 Å². The number of para-hydroxylation sites is 1. The number of nitrogens with zero attached hydrogens (tertiary/aromatic N) is 1. The Kier molecular flexibility index (Phi) is 4.60. The van der Waals surface area contributed by atoms with E-state index < -0.39 is 0 Å². The molecule has 0 spiro atoms. The lowest BCUT2D eigenvalue weighted by Crippen LogP contribution is -1.83. The Labute approximate surface area is 139 Å². The number of phenolic OH excluding ortho intramolecular Hbond substituents is 1. The fourth-order valence-electron chi connectivity index (χ4n) is 2.00. The van der Waals surface area contributed by atoms with Crippen molar-refractivity contribution in [2.45, 2.75) is 0 Å². The second-order valence-electron chi connectivity index (χ2n) is 4.87. The van der Waals surface area contributed by atoms with E-state index in [1.807, 2.05) is 54.6 Å². The van der Waals surface area contributed by atoms with Gasteiger partial charge in [-0.05, 0) is 54.6 Å². The van der Waals surface area contributed by atoms with Gasteiger partial charge in [0.25, 0.3) is 0 Å². The number of hydrogen-bond acceptors (Lipinski definition) is 3. The zero-order valence-corrected chi connectivity index (χ0v) is 12.9. The molecule has 0 saturated heterocycles. The van der Waals surface area contributed by atoms with Crippen molar-refractivity contribution in [2.24, 2.45) is 4.99 Å². The molecule has 0 aliphatic rings. The van der Waals surface area contributed by atoms with Crippen LogP contribution in [-0.4, -0.2) is 11.3 Å². The van der Waals surface area contributed by atoms with Crippen LogP contribution in [-0.2, 0) is 0 Å². The number of halogens is 1. The van der Waals surface area contributed by atoms with Crippen LogP contribution in [0.5, 0.6) is 17.2 Å². The summed E-state index contributed by atoms with van der Waals surface area (Å²) in [6, 6.07) is 21.8. The zero-order chi connectivity index (χ0) is 16.1. The SMILES string of the molecule is Oc1ccc(Cl)cc1C=Nc1ccc(Oc2ccccc2)cc1. The van der Waals surface area contributed by atoms with Gasteiger partial charge in [-0.25, -0.2) is 0 Å². The number of aromatic hydroxyl groups is 1. The summed E-state index contributed by atoms with van der Waals surface area (Å²) >= 11 is 5.91. The van der Waals surface area contributed by atoms with Gasteiger partial charge < -0.3 is 9.84 Å². The molecule has 0 amide bonds. The van der Waals surface area contributed by atoms with Gasteiger partial charge in [-0.15, -0.1) is 0 Å². The molecule has 3 nitrogen and oxygen atoms in total. The fourth-order valence-corrected chi connectivity index (χ4v) is 2.18. The number of ether oxygens (including phenoxy) is 1. The van der Waals surface area contributed by atoms with Gasteiger partial charge in [0, 0.05) is 16.8 Å². The van der Waals surface area contributed by atoms with Crippen LogP contribution >= 0.6 is 11.6 Å². The van der Waals surface area contributed by atoms with Crippen LogP contribution in [0.4, 0.5) is 5.69 Å². The van der Waals surface area contributed by atoms with Gasteiger partial charge in [-0.2, -0.15) is 0 Å². The van der Waals surface area contributed by atoms with Gasteiger partial charge in [0.15, 0.2) is 0 Å². The van der Waals surface area contributed by atoms with E-state index in [2.05, 4.69) is 4.99 Å². The third-order valence-electron chi connectivity index (χ3n) is 3.16. The molecule has 3 aromatic rings. The Morgan fingerprint density at radius 3 is 2.30 bits per heavy atom. The van der Waals surface area contributed by atoms with E-state index in [0.29, 0.717) is 10.6 Å². The summed E-state index contributed by atoms with van der Waals surface area (Å²) in [5.74, 6) is 1.66. The molecule has 3 aromatic carbocycles. The van der Waals surface area contributed by atoms with Crippen molar-refractivity contribution in [3.05, 3.63) is 83.4 Å². The predicted octanol–water partition coefficient (Wildman–Crippen LogP) is 5.59. The van der Waals surface area contributed by atoms with Gasteiger partial charge in [-0.3, -0.25) is 4.99 Å². The molecule has 0 fully saturated rings. The topological polar surface area (TPSA) is 41.8 Å². The Morgan fingerprint density at radius 1 is 0.870 bits per heavy atom. The first-order valence-electron chi connectivity index (χ1n) is 7.06. The Balaban J connectivity index is 1.72. The van der Waals surface area contributed by atoms with E-state index in [4.69, 9.17) is 16.3 Å². The van der Waals surface area contributed by atoms with Crippen LogP contribution in [0.15, 0.2) is 77.8 Å². The molecule has 0 aliphatic carbocycles. The smallest absolute Gasteiger partial charge is 0.127 e. The molecule has 1 N–H and O–H groups in total. The summed E-state index contributed by atoms with van der Waals surface area (Å²) in [7, 11) is 0. The van der Waals surface area contributed by atoms with E-state index in [-0.39, 0.29) is 5.75 Å². The summed E-state index contributed by atoms with van der Waals surface area (Å²) in [5, 5.41) is 10.3. The molecule has 3 rings (SSSR count). The molecule has 0 saturated carbocycles. The van der Waals surface area contributed by atoms with Gasteiger partial charge in [0.1, 0.15) is 17.2 Å². The van der Waals surface area contributed by atoms with Crippen LogP contribution in [0.25, 0.3) is 0 Å². The van der Waals surface area contributed by atoms with Crippen LogP contribution in [0.2, 0.25) is 5.02 Å². The third-order valence-corrected chi connectivity index (χ3v) is 3.39. The lowest BCUT2D eigenvalue weighted by Gasteiger charge is -2.05. The Morgan fingerprint density at radius 2 is 1.57 bits per heavy atom. The zero-order valence-electron chi connectivity index (χ0n) is 12.2. The van der Waals surface area contributed by atoms with Gasteiger partial charge in [-0.1, -0.05) is 29.8 Å². The minimum absolute atomic E-state index is 0.141. The second kappa shape index (κ2) is 6.99. The molecule has 0 atom stereocenters. The van der Waals surface area contributed by atoms with E-state index >= 15 is 0 Å². The quantitative estimate of drug-likeness (QED) is 0.636. The molecule has 0 radical (unpaired) electrons. The minimum Gasteiger partial charge on any atom is -0.507 e. The summed E-state index contributed by atoms with van der Waals surface area (Å²) in [5.41, 5.74) is 1.33. The van der Waals surface area contributed by atoms with Gasteiger partial charge >= 0.3 is 0 Å². The van der Waals surface area contributed by atoms with Crippen LogP contribution < -0.4 is 4.74 Å². The standard InChI is InChI=1S/C19H14ClNO2/c20-15-6-11-19(22)14(12-15)13-21-16-7-9-18(10-8-16)23-17-4-2-1-3-5-17/h1-13,22H. The van der Waals surface area contributed by atoms with Crippen molar-refractivity contribution in [2.75, 3.05) is 0 Å². The van der Waals surface area contributed by atoms with E-state index in [0.717, 1.165) is 17.2 Å². The van der Waals surface area contributed by atoms with Crippen molar-refractivity contribution in [1.29, 1.82) is 0 Å². The molecule has 114 valence electrons. The highest BCUT2D eigenvalue weighted by molar-refractivity contribution is 6.30. The number of rotatable bonds is 4. The molecule has 23 heavy (non-hydrogen) atoms. The van der Waals surface area contributed by atoms with Crippen LogP contribution in [0.3, 0.4) is 0 Å². The van der Waals surface area contributed by atoms with Crippen molar-refractivity contribution in [1.82, 2.24) is 0 Å². The maximum absolute atomic E-state index is 9.75. The highest BCUT2D eigenvalue weighted by Gasteiger charge is 2.00. The van der Waals surface area contributed by atoms with Crippen molar-refractivity contribution >= 4 is 23.5 Å². The first-order valence-corrected chi connectivity index (χ1v) is 7.44. The third kappa shape index (κ3) is 4.11. The highest BCUT2D eigenvalue weighted by Crippen LogP contribution is 2.24.